The predicted octanol–water partition coefficient (Wildman–Crippen LogP) is 3.02. The molecule has 1 fully saturated rings. The third-order valence-corrected chi connectivity index (χ3v) is 5.72. The van der Waals surface area contributed by atoms with Crippen LogP contribution in [-0.2, 0) is 0 Å². The SMILES string of the molecule is COc1ncc2c(N3C[C@@H](C)N[C@@H](C)C3)ccc(C(=O)Nc3cnc4ccccc4n3)c2n1. The quantitative estimate of drug-likeness (QED) is 0.496. The normalized spacial score (nSPS) is 18.5. The molecule has 1 aliphatic rings. The Morgan fingerprint density at radius 2 is 1.79 bits per heavy atom. The Balaban J connectivity index is 1.53. The molecule has 0 aliphatic carbocycles. The number of hydrogen-bond donors (Lipinski definition) is 2. The van der Waals surface area contributed by atoms with Gasteiger partial charge in [0.1, 0.15) is 0 Å². The molecule has 168 valence electrons. The fourth-order valence-corrected chi connectivity index (χ4v) is 4.37. The number of anilines is 2. The molecule has 0 bridgehead atoms. The first-order valence-electron chi connectivity index (χ1n) is 10.9. The number of ether oxygens (including phenoxy) is 1. The number of benzene rings is 2. The van der Waals surface area contributed by atoms with E-state index in [1.54, 1.807) is 18.5 Å². The lowest BCUT2D eigenvalue weighted by molar-refractivity contribution is 0.102. The van der Waals surface area contributed by atoms with Crippen molar-refractivity contribution >= 4 is 39.3 Å². The summed E-state index contributed by atoms with van der Waals surface area (Å²) in [7, 11) is 1.51. The molecular weight excluding hydrogens is 418 g/mol. The van der Waals surface area contributed by atoms with Crippen molar-refractivity contribution < 1.29 is 9.53 Å². The van der Waals surface area contributed by atoms with Gasteiger partial charge in [0.15, 0.2) is 5.82 Å². The van der Waals surface area contributed by atoms with Gasteiger partial charge in [-0.3, -0.25) is 9.78 Å². The topological polar surface area (TPSA) is 105 Å². The van der Waals surface area contributed by atoms with Crippen LogP contribution in [0.5, 0.6) is 6.01 Å². The van der Waals surface area contributed by atoms with Crippen molar-refractivity contribution in [3.05, 3.63) is 54.4 Å². The van der Waals surface area contributed by atoms with Crippen LogP contribution in [0.15, 0.2) is 48.8 Å². The zero-order valence-corrected chi connectivity index (χ0v) is 18.7. The van der Waals surface area contributed by atoms with Crippen LogP contribution in [-0.4, -0.2) is 58.1 Å². The van der Waals surface area contributed by atoms with E-state index < -0.39 is 0 Å². The van der Waals surface area contributed by atoms with E-state index >= 15 is 0 Å². The van der Waals surface area contributed by atoms with Gasteiger partial charge < -0.3 is 20.3 Å². The van der Waals surface area contributed by atoms with Gasteiger partial charge in [0.2, 0.25) is 0 Å². The first-order chi connectivity index (χ1) is 16.0. The zero-order valence-electron chi connectivity index (χ0n) is 18.7. The number of aromatic nitrogens is 4. The summed E-state index contributed by atoms with van der Waals surface area (Å²) in [4.78, 5) is 33.3. The van der Waals surface area contributed by atoms with E-state index in [0.29, 0.717) is 34.5 Å². The molecule has 2 N–H and O–H groups in total. The Hall–Kier alpha value is -3.85. The fourth-order valence-electron chi connectivity index (χ4n) is 4.37. The lowest BCUT2D eigenvalue weighted by Gasteiger charge is -2.38. The maximum Gasteiger partial charge on any atom is 0.316 e. The minimum absolute atomic E-state index is 0.209. The number of rotatable bonds is 4. The minimum Gasteiger partial charge on any atom is -0.467 e. The smallest absolute Gasteiger partial charge is 0.316 e. The van der Waals surface area contributed by atoms with Gasteiger partial charge in [0.05, 0.1) is 35.4 Å². The number of nitrogens with zero attached hydrogens (tertiary/aromatic N) is 5. The van der Waals surface area contributed by atoms with E-state index in [0.717, 1.165) is 29.7 Å². The van der Waals surface area contributed by atoms with Gasteiger partial charge >= 0.3 is 6.01 Å². The largest absolute Gasteiger partial charge is 0.467 e. The Morgan fingerprint density at radius 1 is 1.03 bits per heavy atom. The van der Waals surface area contributed by atoms with Crippen LogP contribution >= 0.6 is 0 Å². The van der Waals surface area contributed by atoms with E-state index in [2.05, 4.69) is 49.3 Å². The molecule has 9 nitrogen and oxygen atoms in total. The summed E-state index contributed by atoms with van der Waals surface area (Å²) in [5, 5.41) is 7.20. The van der Waals surface area contributed by atoms with Crippen molar-refractivity contribution in [3.63, 3.8) is 0 Å². The van der Waals surface area contributed by atoms with Crippen LogP contribution < -0.4 is 20.3 Å². The third-order valence-electron chi connectivity index (χ3n) is 5.72. The molecule has 4 aromatic rings. The van der Waals surface area contributed by atoms with Crippen LogP contribution in [0.25, 0.3) is 21.9 Å². The van der Waals surface area contributed by atoms with Gasteiger partial charge in [0.25, 0.3) is 5.91 Å². The molecule has 1 saturated heterocycles. The first kappa shape index (κ1) is 21.0. The summed E-state index contributed by atoms with van der Waals surface area (Å²) < 4.78 is 5.24. The van der Waals surface area contributed by atoms with Gasteiger partial charge in [-0.1, -0.05) is 12.1 Å². The van der Waals surface area contributed by atoms with Gasteiger partial charge in [-0.2, -0.15) is 4.98 Å². The summed E-state index contributed by atoms with van der Waals surface area (Å²) in [6.45, 7) is 6.03. The number of carbonyl (C=O) groups excluding carboxylic acids is 1. The van der Waals surface area contributed by atoms with Crippen LogP contribution in [0.2, 0.25) is 0 Å². The summed E-state index contributed by atoms with van der Waals surface area (Å²) in [5.74, 6) is 0.0561. The van der Waals surface area contributed by atoms with Gasteiger partial charge in [0, 0.05) is 42.4 Å². The second kappa shape index (κ2) is 8.59. The standard InChI is InChI=1S/C24H25N7O2/c1-14-12-31(13-15(2)27-14)20-9-8-16(22-17(20)10-26-24(30-22)33-3)23(32)29-21-11-25-18-6-4-5-7-19(18)28-21/h4-11,14-15,27H,12-13H2,1-3H3,(H,28,29,32)/t14-,15+. The number of para-hydroxylation sites is 2. The summed E-state index contributed by atoms with van der Waals surface area (Å²) in [6, 6.07) is 12.2. The average Bonchev–Trinajstić information content (AvgIpc) is 2.82. The summed E-state index contributed by atoms with van der Waals surface area (Å²) in [6.07, 6.45) is 3.27. The molecular formula is C24H25N7O2. The second-order valence-corrected chi connectivity index (χ2v) is 8.32. The molecule has 2 aromatic carbocycles. The molecule has 0 unspecified atom stereocenters. The van der Waals surface area contributed by atoms with Crippen LogP contribution in [0.4, 0.5) is 11.5 Å². The van der Waals surface area contributed by atoms with E-state index in [9.17, 15) is 4.79 Å². The Kier molecular flexibility index (Phi) is 5.47. The fraction of sp³-hybridized carbons (Fsp3) is 0.292. The molecule has 5 rings (SSSR count). The highest BCUT2D eigenvalue weighted by atomic mass is 16.5. The molecule has 2 atom stereocenters. The van der Waals surface area contributed by atoms with E-state index in [1.165, 1.54) is 7.11 Å². The first-order valence-corrected chi connectivity index (χ1v) is 10.9. The van der Waals surface area contributed by atoms with Gasteiger partial charge in [-0.25, -0.2) is 9.97 Å². The van der Waals surface area contributed by atoms with Crippen molar-refractivity contribution in [2.45, 2.75) is 25.9 Å². The van der Waals surface area contributed by atoms with E-state index in [-0.39, 0.29) is 11.9 Å². The highest BCUT2D eigenvalue weighted by molar-refractivity contribution is 6.13. The number of carbonyl (C=O) groups is 1. The molecule has 9 heteroatoms. The monoisotopic (exact) mass is 443 g/mol. The summed E-state index contributed by atoms with van der Waals surface area (Å²) in [5.41, 5.74) is 3.42. The number of nitrogens with one attached hydrogen (secondary N) is 2. The molecule has 1 amide bonds. The lowest BCUT2D eigenvalue weighted by Crippen LogP contribution is -2.54. The number of amides is 1. The van der Waals surface area contributed by atoms with Crippen LogP contribution in [0.1, 0.15) is 24.2 Å². The van der Waals surface area contributed by atoms with Crippen molar-refractivity contribution in [1.82, 2.24) is 25.3 Å². The second-order valence-electron chi connectivity index (χ2n) is 8.32. The van der Waals surface area contributed by atoms with E-state index in [1.807, 2.05) is 30.3 Å². The Morgan fingerprint density at radius 3 is 2.55 bits per heavy atom. The third kappa shape index (κ3) is 4.14. The highest BCUT2D eigenvalue weighted by Gasteiger charge is 2.24. The lowest BCUT2D eigenvalue weighted by atomic mass is 10.0. The van der Waals surface area contributed by atoms with Crippen molar-refractivity contribution in [2.75, 3.05) is 30.4 Å². The van der Waals surface area contributed by atoms with Crippen molar-refractivity contribution in [2.24, 2.45) is 0 Å². The molecule has 0 spiro atoms. The van der Waals surface area contributed by atoms with Gasteiger partial charge in [-0.05, 0) is 38.1 Å². The molecule has 33 heavy (non-hydrogen) atoms. The van der Waals surface area contributed by atoms with E-state index in [4.69, 9.17) is 4.74 Å². The Labute approximate surface area is 191 Å². The average molecular weight is 444 g/mol. The van der Waals surface area contributed by atoms with Crippen molar-refractivity contribution in [1.29, 1.82) is 0 Å². The minimum atomic E-state index is -0.320. The van der Waals surface area contributed by atoms with Crippen LogP contribution in [0, 0.1) is 0 Å². The number of fused-ring (bicyclic) bond motifs is 2. The molecule has 1 aliphatic heterocycles. The van der Waals surface area contributed by atoms with Crippen LogP contribution in [0.3, 0.4) is 0 Å². The maximum absolute atomic E-state index is 13.3. The predicted molar refractivity (Wildman–Crippen MR) is 128 cm³/mol. The molecule has 3 heterocycles. The summed E-state index contributed by atoms with van der Waals surface area (Å²) >= 11 is 0. The molecule has 0 radical (unpaired) electrons. The number of piperazine rings is 1. The zero-order chi connectivity index (χ0) is 22.9. The highest BCUT2D eigenvalue weighted by Crippen LogP contribution is 2.31. The number of methoxy groups -OCH3 is 1. The Bertz CT molecular complexity index is 1330. The molecule has 0 saturated carbocycles. The van der Waals surface area contributed by atoms with Gasteiger partial charge in [-0.15, -0.1) is 0 Å². The maximum atomic E-state index is 13.3. The number of hydrogen-bond acceptors (Lipinski definition) is 8. The van der Waals surface area contributed by atoms with Crippen molar-refractivity contribution in [3.8, 4) is 6.01 Å². The molecule has 2 aromatic heterocycles.